The highest BCUT2D eigenvalue weighted by Crippen LogP contribution is 2.44. The largest absolute Gasteiger partial charge is 0.508 e. The highest BCUT2D eigenvalue weighted by atomic mass is 16.5. The summed E-state index contributed by atoms with van der Waals surface area (Å²) in [5, 5.41) is 10.0. The van der Waals surface area contributed by atoms with Crippen LogP contribution in [0.4, 0.5) is 0 Å². The molecule has 4 heteroatoms. The Labute approximate surface area is 168 Å². The summed E-state index contributed by atoms with van der Waals surface area (Å²) in [5.74, 6) is 0.520. The van der Waals surface area contributed by atoms with Crippen LogP contribution in [0, 0.1) is 5.92 Å². The standard InChI is InChI=1S/C24H31NO3/c1-18-22(16-19-8-5-4-6-9-19)25(14-12-23(27)28-3)15-13-24(18,2)20-10-7-11-21(26)17-20/h4-11,17-18,22,26H,12-16H2,1-3H3/t18-,22+,24-/m0/s1. The average Bonchev–Trinajstić information content (AvgIpc) is 2.71. The van der Waals surface area contributed by atoms with Crippen molar-refractivity contribution in [3.8, 4) is 5.75 Å². The van der Waals surface area contributed by atoms with Crippen LogP contribution in [-0.2, 0) is 21.4 Å². The first-order valence-corrected chi connectivity index (χ1v) is 10.1. The van der Waals surface area contributed by atoms with Crippen molar-refractivity contribution in [3.05, 3.63) is 65.7 Å². The molecule has 2 aromatic carbocycles. The van der Waals surface area contributed by atoms with Gasteiger partial charge in [0.2, 0.25) is 0 Å². The zero-order chi connectivity index (χ0) is 20.1. The van der Waals surface area contributed by atoms with Crippen LogP contribution in [0.5, 0.6) is 5.75 Å². The number of benzene rings is 2. The van der Waals surface area contributed by atoms with E-state index in [0.717, 1.165) is 19.4 Å². The van der Waals surface area contributed by atoms with E-state index >= 15 is 0 Å². The van der Waals surface area contributed by atoms with Crippen molar-refractivity contribution in [1.82, 2.24) is 4.90 Å². The SMILES string of the molecule is COC(=O)CCN1CC[C@](C)(c2cccc(O)c2)[C@@H](C)[C@H]1Cc1ccccc1. The van der Waals surface area contributed by atoms with Crippen molar-refractivity contribution in [2.45, 2.75) is 44.6 Å². The number of carbonyl (C=O) groups excluding carboxylic acids is 1. The number of aromatic hydroxyl groups is 1. The number of piperidine rings is 1. The number of phenolic OH excluding ortho intramolecular Hbond substituents is 1. The summed E-state index contributed by atoms with van der Waals surface area (Å²) in [7, 11) is 1.45. The minimum atomic E-state index is -0.160. The Bertz CT molecular complexity index is 791. The molecule has 0 spiro atoms. The molecule has 1 fully saturated rings. The Hall–Kier alpha value is -2.33. The highest BCUT2D eigenvalue weighted by Gasteiger charge is 2.44. The van der Waals surface area contributed by atoms with Gasteiger partial charge in [0.05, 0.1) is 13.5 Å². The summed E-state index contributed by atoms with van der Waals surface area (Å²) in [6.07, 6.45) is 2.35. The van der Waals surface area contributed by atoms with Gasteiger partial charge in [-0.1, -0.05) is 56.3 Å². The molecule has 0 aromatic heterocycles. The summed E-state index contributed by atoms with van der Waals surface area (Å²) in [6, 6.07) is 18.5. The number of likely N-dealkylation sites (tertiary alicyclic amines) is 1. The summed E-state index contributed by atoms with van der Waals surface area (Å²) >= 11 is 0. The van der Waals surface area contributed by atoms with Gasteiger partial charge < -0.3 is 9.84 Å². The molecule has 3 atom stereocenters. The van der Waals surface area contributed by atoms with Gasteiger partial charge in [0.15, 0.2) is 0 Å². The van der Waals surface area contributed by atoms with Crippen LogP contribution in [0.1, 0.15) is 37.8 Å². The monoisotopic (exact) mass is 381 g/mol. The van der Waals surface area contributed by atoms with Gasteiger partial charge in [-0.3, -0.25) is 9.69 Å². The van der Waals surface area contributed by atoms with Crippen LogP contribution in [0.25, 0.3) is 0 Å². The predicted octanol–water partition coefficient (Wildman–Crippen LogP) is 4.17. The Balaban J connectivity index is 1.87. The van der Waals surface area contributed by atoms with Crippen LogP contribution in [0.2, 0.25) is 0 Å². The zero-order valence-electron chi connectivity index (χ0n) is 17.1. The van der Waals surface area contributed by atoms with Crippen molar-refractivity contribution in [1.29, 1.82) is 0 Å². The number of ether oxygens (including phenoxy) is 1. The second-order valence-corrected chi connectivity index (χ2v) is 8.13. The molecule has 0 radical (unpaired) electrons. The second kappa shape index (κ2) is 8.78. The van der Waals surface area contributed by atoms with E-state index in [0.29, 0.717) is 30.7 Å². The minimum absolute atomic E-state index is 0.0278. The Morgan fingerprint density at radius 2 is 1.96 bits per heavy atom. The first-order chi connectivity index (χ1) is 13.4. The summed E-state index contributed by atoms with van der Waals surface area (Å²) in [5.41, 5.74) is 2.47. The normalized spacial score (nSPS) is 25.4. The topological polar surface area (TPSA) is 49.8 Å². The van der Waals surface area contributed by atoms with Crippen molar-refractivity contribution in [2.75, 3.05) is 20.2 Å². The third kappa shape index (κ3) is 4.39. The first kappa shape index (κ1) is 20.4. The molecular formula is C24H31NO3. The van der Waals surface area contributed by atoms with E-state index in [4.69, 9.17) is 4.74 Å². The number of phenols is 1. The van der Waals surface area contributed by atoms with Crippen LogP contribution in [-0.4, -0.2) is 42.2 Å². The summed E-state index contributed by atoms with van der Waals surface area (Å²) in [6.45, 7) is 6.25. The fourth-order valence-electron chi connectivity index (χ4n) is 4.55. The van der Waals surface area contributed by atoms with E-state index in [1.54, 1.807) is 6.07 Å². The van der Waals surface area contributed by atoms with Crippen molar-refractivity contribution in [3.63, 3.8) is 0 Å². The van der Waals surface area contributed by atoms with E-state index in [1.807, 2.05) is 18.2 Å². The third-order valence-electron chi connectivity index (χ3n) is 6.59. The van der Waals surface area contributed by atoms with Crippen LogP contribution in [0.15, 0.2) is 54.6 Å². The fraction of sp³-hybridized carbons (Fsp3) is 0.458. The van der Waals surface area contributed by atoms with E-state index in [9.17, 15) is 9.90 Å². The predicted molar refractivity (Wildman–Crippen MR) is 111 cm³/mol. The quantitative estimate of drug-likeness (QED) is 0.763. The zero-order valence-corrected chi connectivity index (χ0v) is 17.1. The molecule has 0 unspecified atom stereocenters. The van der Waals surface area contributed by atoms with E-state index in [-0.39, 0.29) is 11.4 Å². The van der Waals surface area contributed by atoms with Crippen molar-refractivity contribution in [2.24, 2.45) is 5.92 Å². The summed E-state index contributed by atoms with van der Waals surface area (Å²) < 4.78 is 4.85. The molecule has 150 valence electrons. The first-order valence-electron chi connectivity index (χ1n) is 10.1. The number of carbonyl (C=O) groups is 1. The maximum atomic E-state index is 11.7. The number of esters is 1. The molecule has 2 aromatic rings. The Kier molecular flexibility index (Phi) is 6.40. The third-order valence-corrected chi connectivity index (χ3v) is 6.59. The number of hydrogen-bond donors (Lipinski definition) is 1. The fourth-order valence-corrected chi connectivity index (χ4v) is 4.55. The lowest BCUT2D eigenvalue weighted by Gasteiger charge is -2.51. The van der Waals surface area contributed by atoms with Gasteiger partial charge in [-0.25, -0.2) is 0 Å². The second-order valence-electron chi connectivity index (χ2n) is 8.13. The molecule has 0 saturated carbocycles. The lowest BCUT2D eigenvalue weighted by atomic mass is 9.64. The molecule has 3 rings (SSSR count). The Morgan fingerprint density at radius 1 is 1.21 bits per heavy atom. The van der Waals surface area contributed by atoms with Gasteiger partial charge >= 0.3 is 5.97 Å². The molecule has 4 nitrogen and oxygen atoms in total. The molecule has 0 amide bonds. The van der Waals surface area contributed by atoms with Gasteiger partial charge in [0.1, 0.15) is 5.75 Å². The van der Waals surface area contributed by atoms with E-state index < -0.39 is 0 Å². The van der Waals surface area contributed by atoms with Gasteiger partial charge in [0.25, 0.3) is 0 Å². The number of methoxy groups -OCH3 is 1. The van der Waals surface area contributed by atoms with Crippen LogP contribution >= 0.6 is 0 Å². The number of rotatable bonds is 6. The lowest BCUT2D eigenvalue weighted by molar-refractivity contribution is -0.141. The van der Waals surface area contributed by atoms with Gasteiger partial charge in [0, 0.05) is 12.6 Å². The lowest BCUT2D eigenvalue weighted by Crippen LogP contribution is -2.55. The van der Waals surface area contributed by atoms with Crippen LogP contribution < -0.4 is 0 Å². The van der Waals surface area contributed by atoms with Crippen LogP contribution in [0.3, 0.4) is 0 Å². The summed E-state index contributed by atoms with van der Waals surface area (Å²) in [4.78, 5) is 14.2. The van der Waals surface area contributed by atoms with Gasteiger partial charge in [-0.05, 0) is 54.0 Å². The van der Waals surface area contributed by atoms with Crippen molar-refractivity contribution >= 4 is 5.97 Å². The highest BCUT2D eigenvalue weighted by molar-refractivity contribution is 5.69. The van der Waals surface area contributed by atoms with Crippen molar-refractivity contribution < 1.29 is 14.6 Å². The molecule has 0 aliphatic carbocycles. The number of nitrogens with zero attached hydrogens (tertiary/aromatic N) is 1. The van der Waals surface area contributed by atoms with E-state index in [2.05, 4.69) is 49.1 Å². The molecular weight excluding hydrogens is 350 g/mol. The maximum Gasteiger partial charge on any atom is 0.306 e. The molecule has 28 heavy (non-hydrogen) atoms. The smallest absolute Gasteiger partial charge is 0.306 e. The minimum Gasteiger partial charge on any atom is -0.508 e. The maximum absolute atomic E-state index is 11.7. The molecule has 0 bridgehead atoms. The van der Waals surface area contributed by atoms with E-state index in [1.165, 1.54) is 18.2 Å². The molecule has 1 saturated heterocycles. The molecule has 1 aliphatic rings. The van der Waals surface area contributed by atoms with Gasteiger partial charge in [-0.15, -0.1) is 0 Å². The molecule has 1 aliphatic heterocycles. The Morgan fingerprint density at radius 3 is 2.64 bits per heavy atom. The number of hydrogen-bond acceptors (Lipinski definition) is 4. The van der Waals surface area contributed by atoms with Gasteiger partial charge in [-0.2, -0.15) is 0 Å². The average molecular weight is 382 g/mol. The molecule has 1 N–H and O–H groups in total. The molecule has 1 heterocycles.